The van der Waals surface area contributed by atoms with E-state index in [0.717, 1.165) is 25.1 Å². The van der Waals surface area contributed by atoms with E-state index in [9.17, 15) is 23.2 Å². The van der Waals surface area contributed by atoms with Gasteiger partial charge in [-0.05, 0) is 37.5 Å². The zero-order valence-electron chi connectivity index (χ0n) is 18.2. The van der Waals surface area contributed by atoms with Gasteiger partial charge in [0.2, 0.25) is 0 Å². The Labute approximate surface area is 195 Å². The molecule has 1 fully saturated rings. The fourth-order valence-corrected chi connectivity index (χ4v) is 4.25. The van der Waals surface area contributed by atoms with E-state index in [4.69, 9.17) is 5.26 Å². The quantitative estimate of drug-likeness (QED) is 0.474. The van der Waals surface area contributed by atoms with Crippen LogP contribution in [0.3, 0.4) is 0 Å². The van der Waals surface area contributed by atoms with Crippen LogP contribution in [0.4, 0.5) is 13.2 Å². The molecule has 0 spiro atoms. The molecule has 0 saturated heterocycles. The molecule has 1 N–H and O–H groups in total. The third kappa shape index (κ3) is 3.71. The molecular formula is C22H16F3N9O. The van der Waals surface area contributed by atoms with Crippen LogP contribution in [-0.4, -0.2) is 34.5 Å². The summed E-state index contributed by atoms with van der Waals surface area (Å²) in [5.74, 6) is 0.201. The maximum Gasteiger partial charge on any atom is 0.433 e. The number of halogens is 3. The van der Waals surface area contributed by atoms with Gasteiger partial charge in [-0.2, -0.15) is 33.9 Å². The number of fused-ring (bicyclic) bond motifs is 1. The van der Waals surface area contributed by atoms with Gasteiger partial charge in [-0.3, -0.25) is 14.5 Å². The molecule has 1 aliphatic rings. The minimum Gasteiger partial charge on any atom is -0.309 e. The Bertz CT molecular complexity index is 1570. The number of aromatic amines is 1. The summed E-state index contributed by atoms with van der Waals surface area (Å²) in [4.78, 5) is 23.8. The standard InChI is InChI=1S/C22H16F3N9O/c1-11(12-2-5-17(28-10-12)22(23,24)25)34-20-18(15(9-27)32-34)21(35)30-19(29-20)14-3-4-16(14)33-7-6-13(8-26)31-33/h2,5-7,10-11,14,16H,3-4H2,1H3,(H,29,30,35)/t11?,14-,16-/m0/s1. The molecule has 13 heteroatoms. The van der Waals surface area contributed by atoms with E-state index in [2.05, 4.69) is 25.1 Å². The molecule has 0 aromatic carbocycles. The summed E-state index contributed by atoms with van der Waals surface area (Å²) < 4.78 is 41.7. The molecule has 10 nitrogen and oxygen atoms in total. The molecule has 176 valence electrons. The second-order valence-corrected chi connectivity index (χ2v) is 8.25. The Morgan fingerprint density at radius 1 is 1.17 bits per heavy atom. The smallest absolute Gasteiger partial charge is 0.309 e. The average molecular weight is 479 g/mol. The molecule has 0 bridgehead atoms. The largest absolute Gasteiger partial charge is 0.433 e. The van der Waals surface area contributed by atoms with Gasteiger partial charge in [0.25, 0.3) is 5.56 Å². The highest BCUT2D eigenvalue weighted by molar-refractivity contribution is 5.80. The lowest BCUT2D eigenvalue weighted by molar-refractivity contribution is -0.141. The van der Waals surface area contributed by atoms with Crippen LogP contribution >= 0.6 is 0 Å². The number of nitriles is 2. The van der Waals surface area contributed by atoms with E-state index in [1.54, 1.807) is 23.9 Å². The van der Waals surface area contributed by atoms with Crippen LogP contribution in [0.2, 0.25) is 0 Å². The van der Waals surface area contributed by atoms with Crippen LogP contribution in [0.25, 0.3) is 11.0 Å². The van der Waals surface area contributed by atoms with Gasteiger partial charge in [0.05, 0.1) is 12.1 Å². The molecule has 1 aliphatic carbocycles. The number of pyridine rings is 1. The summed E-state index contributed by atoms with van der Waals surface area (Å²) in [7, 11) is 0. The van der Waals surface area contributed by atoms with Crippen LogP contribution in [0.15, 0.2) is 35.4 Å². The normalized spacial score (nSPS) is 18.6. The molecule has 4 aromatic heterocycles. The van der Waals surface area contributed by atoms with Crippen LogP contribution in [0, 0.1) is 22.7 Å². The Morgan fingerprint density at radius 3 is 2.54 bits per heavy atom. The molecule has 0 aliphatic heterocycles. The Hall–Kier alpha value is -4.52. The summed E-state index contributed by atoms with van der Waals surface area (Å²) in [5.41, 5.74) is -0.864. The second kappa shape index (κ2) is 8.06. The molecule has 4 heterocycles. The fraction of sp³-hybridized carbons (Fsp3) is 0.318. The van der Waals surface area contributed by atoms with Gasteiger partial charge in [0.15, 0.2) is 17.0 Å². The molecule has 3 atom stereocenters. The molecule has 5 rings (SSSR count). The van der Waals surface area contributed by atoms with Crippen molar-refractivity contribution in [3.8, 4) is 12.1 Å². The van der Waals surface area contributed by atoms with Crippen molar-refractivity contribution in [2.45, 2.75) is 43.9 Å². The summed E-state index contributed by atoms with van der Waals surface area (Å²) >= 11 is 0. The van der Waals surface area contributed by atoms with Gasteiger partial charge in [-0.1, -0.05) is 6.07 Å². The minimum atomic E-state index is -4.57. The maximum absolute atomic E-state index is 12.9. The Balaban J connectivity index is 1.56. The first kappa shape index (κ1) is 22.3. The molecule has 1 unspecified atom stereocenters. The number of aromatic nitrogens is 7. The SMILES string of the molecule is CC(c1ccc(C(F)(F)F)nc1)n1nc(C#N)c2c(=O)[nH]c([C@H]3CC[C@@H]3n3ccc(C#N)n3)nc21. The highest BCUT2D eigenvalue weighted by Gasteiger charge is 2.37. The van der Waals surface area contributed by atoms with Gasteiger partial charge in [-0.15, -0.1) is 0 Å². The third-order valence-electron chi connectivity index (χ3n) is 6.26. The lowest BCUT2D eigenvalue weighted by Crippen LogP contribution is -2.31. The van der Waals surface area contributed by atoms with Crippen molar-refractivity contribution < 1.29 is 13.2 Å². The van der Waals surface area contributed by atoms with Crippen molar-refractivity contribution in [1.29, 1.82) is 10.5 Å². The first-order valence-electron chi connectivity index (χ1n) is 10.6. The summed E-state index contributed by atoms with van der Waals surface area (Å²) in [5, 5.41) is 27.0. The zero-order chi connectivity index (χ0) is 24.9. The zero-order valence-corrected chi connectivity index (χ0v) is 18.2. The molecule has 35 heavy (non-hydrogen) atoms. The monoisotopic (exact) mass is 479 g/mol. The predicted molar refractivity (Wildman–Crippen MR) is 114 cm³/mol. The molecular weight excluding hydrogens is 463 g/mol. The Kier molecular flexibility index (Phi) is 5.13. The number of rotatable bonds is 4. The number of alkyl halides is 3. The topological polar surface area (TPSA) is 142 Å². The number of nitrogens with one attached hydrogen (secondary N) is 1. The van der Waals surface area contributed by atoms with Gasteiger partial charge >= 0.3 is 6.18 Å². The van der Waals surface area contributed by atoms with Crippen LogP contribution in [-0.2, 0) is 6.18 Å². The van der Waals surface area contributed by atoms with Crippen molar-refractivity contribution in [2.75, 3.05) is 0 Å². The van der Waals surface area contributed by atoms with Crippen LogP contribution in [0.1, 0.15) is 66.2 Å². The van der Waals surface area contributed by atoms with Crippen molar-refractivity contribution in [3.63, 3.8) is 0 Å². The van der Waals surface area contributed by atoms with Gasteiger partial charge in [0, 0.05) is 18.3 Å². The highest BCUT2D eigenvalue weighted by Crippen LogP contribution is 2.44. The average Bonchev–Trinajstić information content (AvgIpc) is 3.42. The van der Waals surface area contributed by atoms with Crippen molar-refractivity contribution >= 4 is 11.0 Å². The van der Waals surface area contributed by atoms with Crippen molar-refractivity contribution in [1.82, 2.24) is 34.5 Å². The number of nitrogens with zero attached hydrogens (tertiary/aromatic N) is 8. The summed E-state index contributed by atoms with van der Waals surface area (Å²) in [6.07, 6.45) is -0.287. The lowest BCUT2D eigenvalue weighted by atomic mass is 9.79. The van der Waals surface area contributed by atoms with Crippen molar-refractivity contribution in [3.05, 3.63) is 69.4 Å². The minimum absolute atomic E-state index is 0.00435. The van der Waals surface area contributed by atoms with Gasteiger partial charge < -0.3 is 4.98 Å². The number of hydrogen-bond donors (Lipinski definition) is 1. The van der Waals surface area contributed by atoms with Crippen LogP contribution < -0.4 is 5.56 Å². The number of H-pyrrole nitrogens is 1. The molecule has 4 aromatic rings. The van der Waals surface area contributed by atoms with E-state index in [0.29, 0.717) is 11.4 Å². The van der Waals surface area contributed by atoms with Crippen LogP contribution in [0.5, 0.6) is 0 Å². The first-order chi connectivity index (χ1) is 16.7. The second-order valence-electron chi connectivity index (χ2n) is 8.25. The Morgan fingerprint density at radius 2 is 1.97 bits per heavy atom. The third-order valence-corrected chi connectivity index (χ3v) is 6.26. The van der Waals surface area contributed by atoms with E-state index >= 15 is 0 Å². The lowest BCUT2D eigenvalue weighted by Gasteiger charge is -2.35. The maximum atomic E-state index is 12.9. The highest BCUT2D eigenvalue weighted by atomic mass is 19.4. The van der Waals surface area contributed by atoms with E-state index in [1.165, 1.54) is 10.7 Å². The summed E-state index contributed by atoms with van der Waals surface area (Å²) in [6, 6.07) is 6.85. The van der Waals surface area contributed by atoms with Gasteiger partial charge in [0.1, 0.15) is 29.0 Å². The molecule has 0 amide bonds. The van der Waals surface area contributed by atoms with Crippen molar-refractivity contribution in [2.24, 2.45) is 0 Å². The van der Waals surface area contributed by atoms with E-state index in [1.807, 2.05) is 12.1 Å². The number of hydrogen-bond acceptors (Lipinski definition) is 7. The fourth-order valence-electron chi connectivity index (χ4n) is 4.25. The van der Waals surface area contributed by atoms with E-state index < -0.39 is 23.5 Å². The molecule has 0 radical (unpaired) electrons. The predicted octanol–water partition coefficient (Wildman–Crippen LogP) is 3.20. The summed E-state index contributed by atoms with van der Waals surface area (Å²) in [6.45, 7) is 1.67. The molecule has 1 saturated carbocycles. The van der Waals surface area contributed by atoms with Gasteiger partial charge in [-0.25, -0.2) is 9.67 Å². The first-order valence-corrected chi connectivity index (χ1v) is 10.6. The van der Waals surface area contributed by atoms with E-state index in [-0.39, 0.29) is 34.4 Å².